The van der Waals surface area contributed by atoms with Gasteiger partial charge in [-0.25, -0.2) is 4.98 Å². The molecule has 0 bridgehead atoms. The van der Waals surface area contributed by atoms with Crippen LogP contribution in [0.1, 0.15) is 21.1 Å². The second-order valence-corrected chi connectivity index (χ2v) is 7.84. The molecular formula is C18H23N5O3S. The van der Waals surface area contributed by atoms with Crippen LogP contribution in [-0.4, -0.2) is 65.9 Å². The van der Waals surface area contributed by atoms with Gasteiger partial charge >= 0.3 is 0 Å². The van der Waals surface area contributed by atoms with E-state index >= 15 is 0 Å². The molecule has 1 saturated heterocycles. The van der Waals surface area contributed by atoms with E-state index in [0.717, 1.165) is 30.3 Å². The topological polar surface area (TPSA) is 82.8 Å². The quantitative estimate of drug-likeness (QED) is 0.577. The molecule has 8 nitrogen and oxygen atoms in total. The Morgan fingerprint density at radius 3 is 2.56 bits per heavy atom. The van der Waals surface area contributed by atoms with Gasteiger partial charge < -0.3 is 9.80 Å². The van der Waals surface area contributed by atoms with Gasteiger partial charge in [0.15, 0.2) is 0 Å². The molecular weight excluding hydrogens is 366 g/mol. The second kappa shape index (κ2) is 8.01. The summed E-state index contributed by atoms with van der Waals surface area (Å²) in [4.78, 5) is 33.9. The Bertz CT molecular complexity index is 843. The van der Waals surface area contributed by atoms with Gasteiger partial charge in [0.05, 0.1) is 15.6 Å². The number of rotatable bonds is 5. The lowest BCUT2D eigenvalue weighted by molar-refractivity contribution is -0.384. The summed E-state index contributed by atoms with van der Waals surface area (Å²) in [6, 6.07) is 4.67. The highest BCUT2D eigenvalue weighted by atomic mass is 32.1. The predicted octanol–water partition coefficient (Wildman–Crippen LogP) is 2.38. The molecule has 0 unspecified atom stereocenters. The average molecular weight is 389 g/mol. The highest BCUT2D eigenvalue weighted by Crippen LogP contribution is 2.28. The zero-order valence-corrected chi connectivity index (χ0v) is 16.5. The predicted molar refractivity (Wildman–Crippen MR) is 105 cm³/mol. The van der Waals surface area contributed by atoms with Crippen molar-refractivity contribution in [3.8, 4) is 0 Å². The Kier molecular flexibility index (Phi) is 5.71. The van der Waals surface area contributed by atoms with Gasteiger partial charge in [0.25, 0.3) is 11.6 Å². The van der Waals surface area contributed by atoms with Crippen molar-refractivity contribution in [2.45, 2.75) is 13.5 Å². The van der Waals surface area contributed by atoms with E-state index < -0.39 is 4.92 Å². The molecule has 3 rings (SSSR count). The van der Waals surface area contributed by atoms with Crippen LogP contribution in [0.25, 0.3) is 0 Å². The van der Waals surface area contributed by atoms with E-state index in [4.69, 9.17) is 0 Å². The van der Waals surface area contributed by atoms with Crippen molar-refractivity contribution in [2.75, 3.05) is 45.2 Å². The van der Waals surface area contributed by atoms with Crippen molar-refractivity contribution in [2.24, 2.45) is 0 Å². The molecule has 1 fully saturated rings. The van der Waals surface area contributed by atoms with Crippen molar-refractivity contribution in [1.82, 2.24) is 14.8 Å². The van der Waals surface area contributed by atoms with Gasteiger partial charge in [-0.3, -0.25) is 19.8 Å². The van der Waals surface area contributed by atoms with Crippen LogP contribution in [0, 0.1) is 17.0 Å². The Labute approximate surface area is 162 Å². The fourth-order valence-electron chi connectivity index (χ4n) is 3.18. The lowest BCUT2D eigenvalue weighted by Gasteiger charge is -2.34. The van der Waals surface area contributed by atoms with Crippen molar-refractivity contribution in [3.63, 3.8) is 0 Å². The minimum atomic E-state index is -0.445. The van der Waals surface area contributed by atoms with Crippen LogP contribution in [0.2, 0.25) is 0 Å². The highest BCUT2D eigenvalue weighted by molar-refractivity contribution is 7.09. The van der Waals surface area contributed by atoms with Gasteiger partial charge in [0.2, 0.25) is 0 Å². The molecule has 27 heavy (non-hydrogen) atoms. The zero-order chi connectivity index (χ0) is 19.6. The molecule has 0 saturated carbocycles. The van der Waals surface area contributed by atoms with Gasteiger partial charge in [-0.05, 0) is 19.1 Å². The number of nitrogens with zero attached hydrogens (tertiary/aromatic N) is 5. The number of amides is 1. The Balaban J connectivity index is 1.65. The normalized spacial score (nSPS) is 15.0. The van der Waals surface area contributed by atoms with Crippen LogP contribution in [-0.2, 0) is 6.54 Å². The fourth-order valence-corrected chi connectivity index (χ4v) is 3.79. The molecule has 0 aliphatic carbocycles. The van der Waals surface area contributed by atoms with E-state index in [1.54, 1.807) is 47.4 Å². The first-order valence-corrected chi connectivity index (χ1v) is 9.61. The summed E-state index contributed by atoms with van der Waals surface area (Å²) < 4.78 is 0. The van der Waals surface area contributed by atoms with E-state index in [1.165, 1.54) is 6.07 Å². The number of thiazole rings is 1. The molecule has 1 aliphatic rings. The van der Waals surface area contributed by atoms with Crippen LogP contribution in [0.3, 0.4) is 0 Å². The van der Waals surface area contributed by atoms with Gasteiger partial charge in [0, 0.05) is 63.8 Å². The molecule has 2 aromatic rings. The molecule has 1 aromatic heterocycles. The number of hydrogen-bond donors (Lipinski definition) is 0. The summed E-state index contributed by atoms with van der Waals surface area (Å²) in [7, 11) is 3.49. The molecule has 144 valence electrons. The smallest absolute Gasteiger partial charge is 0.293 e. The first kappa shape index (κ1) is 19.2. The number of hydrogen-bond acceptors (Lipinski definition) is 7. The fraction of sp³-hybridized carbons (Fsp3) is 0.444. The van der Waals surface area contributed by atoms with Crippen LogP contribution >= 0.6 is 11.3 Å². The third-order valence-corrected chi connectivity index (χ3v) is 5.43. The minimum Gasteiger partial charge on any atom is -0.372 e. The van der Waals surface area contributed by atoms with E-state index in [0.29, 0.717) is 24.3 Å². The highest BCUT2D eigenvalue weighted by Gasteiger charge is 2.25. The number of aromatic nitrogens is 1. The van der Waals surface area contributed by atoms with Crippen LogP contribution in [0.5, 0.6) is 0 Å². The van der Waals surface area contributed by atoms with Gasteiger partial charge in [-0.2, -0.15) is 0 Å². The van der Waals surface area contributed by atoms with E-state index in [2.05, 4.69) is 15.3 Å². The molecule has 0 radical (unpaired) electrons. The van der Waals surface area contributed by atoms with Crippen LogP contribution < -0.4 is 4.90 Å². The molecule has 9 heteroatoms. The lowest BCUT2D eigenvalue weighted by atomic mass is 10.1. The molecule has 0 N–H and O–H groups in total. The lowest BCUT2D eigenvalue weighted by Crippen LogP contribution is -2.48. The molecule has 1 amide bonds. The largest absolute Gasteiger partial charge is 0.372 e. The Hall–Kier alpha value is -2.52. The minimum absolute atomic E-state index is 0.0524. The Morgan fingerprint density at radius 2 is 2.00 bits per heavy atom. The average Bonchev–Trinajstić information content (AvgIpc) is 3.05. The first-order valence-electron chi connectivity index (χ1n) is 8.73. The maximum absolute atomic E-state index is 12.8. The van der Waals surface area contributed by atoms with E-state index in [1.807, 2.05) is 6.92 Å². The Morgan fingerprint density at radius 1 is 1.30 bits per heavy atom. The zero-order valence-electron chi connectivity index (χ0n) is 15.7. The second-order valence-electron chi connectivity index (χ2n) is 6.78. The van der Waals surface area contributed by atoms with Crippen molar-refractivity contribution in [3.05, 3.63) is 50.0 Å². The molecule has 0 atom stereocenters. The maximum Gasteiger partial charge on any atom is 0.293 e. The third-order valence-electron chi connectivity index (χ3n) is 4.61. The number of nitro benzene ring substituents is 1. The van der Waals surface area contributed by atoms with Crippen LogP contribution in [0.4, 0.5) is 11.4 Å². The molecule has 1 aromatic carbocycles. The number of anilines is 1. The SMILES string of the molecule is Cc1nc(CN2CCN(C(=O)c3ccc(N(C)C)c([N+](=O)[O-])c3)CC2)cs1. The maximum atomic E-state index is 12.8. The van der Waals surface area contributed by atoms with Gasteiger partial charge in [0.1, 0.15) is 5.69 Å². The van der Waals surface area contributed by atoms with Crippen molar-refractivity contribution >= 4 is 28.6 Å². The number of benzene rings is 1. The summed E-state index contributed by atoms with van der Waals surface area (Å²) in [6.45, 7) is 5.51. The summed E-state index contributed by atoms with van der Waals surface area (Å²) >= 11 is 1.64. The monoisotopic (exact) mass is 389 g/mol. The summed E-state index contributed by atoms with van der Waals surface area (Å²) in [5.74, 6) is -0.160. The standard InChI is InChI=1S/C18H23N5O3S/c1-13-19-15(12-27-13)11-21-6-8-22(9-7-21)18(24)14-4-5-16(20(2)3)17(10-14)23(25)26/h4-5,10,12H,6-9,11H2,1-3H3. The molecule has 0 spiro atoms. The number of aryl methyl sites for hydroxylation is 1. The van der Waals surface area contributed by atoms with Crippen molar-refractivity contribution < 1.29 is 9.72 Å². The number of nitro groups is 1. The summed E-state index contributed by atoms with van der Waals surface area (Å²) in [5, 5.41) is 14.5. The number of carbonyl (C=O) groups excluding carboxylic acids is 1. The van der Waals surface area contributed by atoms with Crippen LogP contribution in [0.15, 0.2) is 23.6 Å². The molecule has 2 heterocycles. The number of carbonyl (C=O) groups is 1. The third kappa shape index (κ3) is 4.42. The van der Waals surface area contributed by atoms with Gasteiger partial charge in [-0.1, -0.05) is 0 Å². The van der Waals surface area contributed by atoms with Crippen molar-refractivity contribution in [1.29, 1.82) is 0 Å². The number of piperazine rings is 1. The summed E-state index contributed by atoms with van der Waals surface area (Å²) in [6.07, 6.45) is 0. The van der Waals surface area contributed by atoms with E-state index in [9.17, 15) is 14.9 Å². The summed E-state index contributed by atoms with van der Waals surface area (Å²) in [5.41, 5.74) is 1.85. The van der Waals surface area contributed by atoms with E-state index in [-0.39, 0.29) is 11.6 Å². The first-order chi connectivity index (χ1) is 12.8. The molecule has 1 aliphatic heterocycles. The van der Waals surface area contributed by atoms with Gasteiger partial charge in [-0.15, -0.1) is 11.3 Å².